The fourth-order valence-corrected chi connectivity index (χ4v) is 8.63. The van der Waals surface area contributed by atoms with Crippen LogP contribution in [0.2, 0.25) is 0 Å². The van der Waals surface area contributed by atoms with Crippen molar-refractivity contribution < 1.29 is 0 Å². The average molecular weight is 672 g/mol. The molecule has 0 unspecified atom stereocenters. The summed E-state index contributed by atoms with van der Waals surface area (Å²) in [4.78, 5) is 2.40. The van der Waals surface area contributed by atoms with Gasteiger partial charge in [-0.25, -0.2) is 0 Å². The molecule has 10 aromatic carbocycles. The van der Waals surface area contributed by atoms with Crippen molar-refractivity contribution in [3.8, 4) is 44.5 Å². The summed E-state index contributed by atoms with van der Waals surface area (Å²) in [5, 5.41) is 10.3. The lowest BCUT2D eigenvalue weighted by molar-refractivity contribution is 1.28. The van der Waals surface area contributed by atoms with Gasteiger partial charge >= 0.3 is 0 Å². The van der Waals surface area contributed by atoms with Gasteiger partial charge in [-0.2, -0.15) is 0 Å². The Kier molecular flexibility index (Phi) is 6.62. The van der Waals surface area contributed by atoms with Crippen molar-refractivity contribution in [3.63, 3.8) is 0 Å². The molecule has 1 nitrogen and oxygen atoms in total. The zero-order chi connectivity index (χ0) is 34.9. The van der Waals surface area contributed by atoms with E-state index in [0.29, 0.717) is 0 Å². The summed E-state index contributed by atoms with van der Waals surface area (Å²) in [5.74, 6) is 0. The monoisotopic (exact) mass is 671 g/mol. The molecule has 11 rings (SSSR count). The SMILES string of the molecule is c1ccc2c(-c3ccc(N(c4ccc(-c5ccc6c(ccc7ccccc76)c5)cc4)c4ccc5c(c4)-c4cccc6cccc-5c46)cc3)cccc2c1. The minimum absolute atomic E-state index is 1.12. The minimum atomic E-state index is 1.12. The summed E-state index contributed by atoms with van der Waals surface area (Å²) in [6.45, 7) is 0. The Morgan fingerprint density at radius 1 is 0.245 bits per heavy atom. The van der Waals surface area contributed by atoms with Gasteiger partial charge in [-0.3, -0.25) is 0 Å². The maximum Gasteiger partial charge on any atom is 0.0468 e. The lowest BCUT2D eigenvalue weighted by atomic mass is 9.97. The number of nitrogens with zero attached hydrogens (tertiary/aromatic N) is 1. The average Bonchev–Trinajstić information content (AvgIpc) is 3.55. The predicted molar refractivity (Wildman–Crippen MR) is 226 cm³/mol. The molecule has 0 radical (unpaired) electrons. The summed E-state index contributed by atoms with van der Waals surface area (Å²) in [7, 11) is 0. The molecule has 1 heteroatoms. The topological polar surface area (TPSA) is 3.24 Å². The van der Waals surface area contributed by atoms with Gasteiger partial charge in [-0.15, -0.1) is 0 Å². The van der Waals surface area contributed by atoms with Crippen LogP contribution in [-0.4, -0.2) is 0 Å². The van der Waals surface area contributed by atoms with Crippen LogP contribution >= 0.6 is 0 Å². The van der Waals surface area contributed by atoms with Crippen molar-refractivity contribution in [2.24, 2.45) is 0 Å². The van der Waals surface area contributed by atoms with Gasteiger partial charge in [-0.1, -0.05) is 158 Å². The Balaban J connectivity index is 1.02. The molecule has 0 heterocycles. The second-order valence-electron chi connectivity index (χ2n) is 14.1. The maximum absolute atomic E-state index is 2.40. The quantitative estimate of drug-likeness (QED) is 0.165. The van der Waals surface area contributed by atoms with Gasteiger partial charge in [0.2, 0.25) is 0 Å². The van der Waals surface area contributed by atoms with Crippen molar-refractivity contribution in [1.29, 1.82) is 0 Å². The summed E-state index contributed by atoms with van der Waals surface area (Å²) < 4.78 is 0. The molecule has 53 heavy (non-hydrogen) atoms. The van der Waals surface area contributed by atoms with Crippen LogP contribution in [0.3, 0.4) is 0 Å². The van der Waals surface area contributed by atoms with Gasteiger partial charge < -0.3 is 4.90 Å². The predicted octanol–water partition coefficient (Wildman–Crippen LogP) is 14.8. The highest BCUT2D eigenvalue weighted by Crippen LogP contribution is 2.49. The molecule has 0 N–H and O–H groups in total. The van der Waals surface area contributed by atoms with E-state index in [1.807, 2.05) is 0 Å². The Labute approximate surface area is 308 Å². The van der Waals surface area contributed by atoms with Crippen LogP contribution < -0.4 is 4.90 Å². The molecule has 0 spiro atoms. The van der Waals surface area contributed by atoms with E-state index in [0.717, 1.165) is 17.1 Å². The maximum atomic E-state index is 2.40. The van der Waals surface area contributed by atoms with E-state index in [4.69, 9.17) is 0 Å². The molecule has 0 saturated carbocycles. The molecule has 10 aromatic rings. The van der Waals surface area contributed by atoms with Crippen LogP contribution in [0, 0.1) is 0 Å². The second kappa shape index (κ2) is 11.8. The second-order valence-corrected chi connectivity index (χ2v) is 14.1. The zero-order valence-corrected chi connectivity index (χ0v) is 29.0. The van der Waals surface area contributed by atoms with Gasteiger partial charge in [-0.05, 0) is 130 Å². The molecular weight excluding hydrogens is 639 g/mol. The third-order valence-electron chi connectivity index (χ3n) is 11.2. The Morgan fingerprint density at radius 3 is 1.53 bits per heavy atom. The smallest absolute Gasteiger partial charge is 0.0468 e. The molecular formula is C52H33N. The van der Waals surface area contributed by atoms with Gasteiger partial charge in [0, 0.05) is 17.1 Å². The number of rotatable bonds is 5. The first-order valence-electron chi connectivity index (χ1n) is 18.3. The normalized spacial score (nSPS) is 11.8. The largest absolute Gasteiger partial charge is 0.310 e. The third kappa shape index (κ3) is 4.79. The summed E-state index contributed by atoms with van der Waals surface area (Å²) >= 11 is 0. The molecule has 0 aromatic heterocycles. The molecule has 1 aliphatic carbocycles. The fourth-order valence-electron chi connectivity index (χ4n) is 8.63. The molecule has 0 bridgehead atoms. The van der Waals surface area contributed by atoms with Crippen molar-refractivity contribution in [2.45, 2.75) is 0 Å². The minimum Gasteiger partial charge on any atom is -0.310 e. The van der Waals surface area contributed by atoms with E-state index < -0.39 is 0 Å². The number of hydrogen-bond acceptors (Lipinski definition) is 1. The number of hydrogen-bond donors (Lipinski definition) is 0. The molecule has 0 aliphatic heterocycles. The van der Waals surface area contributed by atoms with Crippen LogP contribution in [0.25, 0.3) is 87.6 Å². The first kappa shape index (κ1) is 29.7. The highest BCUT2D eigenvalue weighted by atomic mass is 15.1. The van der Waals surface area contributed by atoms with Crippen molar-refractivity contribution >= 4 is 60.2 Å². The Hall–Kier alpha value is -6.96. The summed E-state index contributed by atoms with van der Waals surface area (Å²) in [6, 6.07) is 73.5. The highest BCUT2D eigenvalue weighted by Gasteiger charge is 2.23. The van der Waals surface area contributed by atoms with Crippen molar-refractivity contribution in [2.75, 3.05) is 4.90 Å². The third-order valence-corrected chi connectivity index (χ3v) is 11.2. The van der Waals surface area contributed by atoms with E-state index in [9.17, 15) is 0 Å². The number of anilines is 3. The van der Waals surface area contributed by atoms with E-state index >= 15 is 0 Å². The van der Waals surface area contributed by atoms with E-state index in [2.05, 4.69) is 205 Å². The van der Waals surface area contributed by atoms with Gasteiger partial charge in [0.25, 0.3) is 0 Å². The van der Waals surface area contributed by atoms with Crippen molar-refractivity contribution in [3.05, 3.63) is 200 Å². The number of benzene rings is 10. The lowest BCUT2D eigenvalue weighted by Crippen LogP contribution is -2.10. The summed E-state index contributed by atoms with van der Waals surface area (Å²) in [6.07, 6.45) is 0. The molecule has 0 saturated heterocycles. The summed E-state index contributed by atoms with van der Waals surface area (Å²) in [5.41, 5.74) is 13.5. The van der Waals surface area contributed by atoms with Crippen LogP contribution in [0.5, 0.6) is 0 Å². The molecule has 0 atom stereocenters. The Morgan fingerprint density at radius 2 is 0.774 bits per heavy atom. The molecule has 1 aliphatic rings. The Bertz CT molecular complexity index is 3030. The van der Waals surface area contributed by atoms with Gasteiger partial charge in [0.15, 0.2) is 0 Å². The van der Waals surface area contributed by atoms with E-state index in [-0.39, 0.29) is 0 Å². The first-order chi connectivity index (χ1) is 26.3. The van der Waals surface area contributed by atoms with Crippen LogP contribution in [0.4, 0.5) is 17.1 Å². The van der Waals surface area contributed by atoms with Crippen molar-refractivity contribution in [1.82, 2.24) is 0 Å². The van der Waals surface area contributed by atoms with Crippen LogP contribution in [-0.2, 0) is 0 Å². The van der Waals surface area contributed by atoms with Gasteiger partial charge in [0.1, 0.15) is 0 Å². The van der Waals surface area contributed by atoms with Crippen LogP contribution in [0.1, 0.15) is 0 Å². The van der Waals surface area contributed by atoms with E-state index in [1.165, 1.54) is 87.6 Å². The lowest BCUT2D eigenvalue weighted by Gasteiger charge is -2.27. The first-order valence-corrected chi connectivity index (χ1v) is 18.3. The molecule has 0 amide bonds. The standard InChI is InChI=1S/C52H33N/c1-3-13-44-35(8-1)10-5-15-46(44)37-22-27-42(28-23-37)53(43-29-31-48-49-16-6-11-38-12-7-17-50(52(38)49)51(48)33-43)41-25-20-34(21-26-41)39-24-30-47-40(32-39)19-18-36-9-2-4-14-45(36)47/h1-33H. The molecule has 246 valence electrons. The van der Waals surface area contributed by atoms with E-state index in [1.54, 1.807) is 0 Å². The fraction of sp³-hybridized carbons (Fsp3) is 0. The molecule has 0 fully saturated rings. The van der Waals surface area contributed by atoms with Gasteiger partial charge in [0.05, 0.1) is 0 Å². The number of fused-ring (bicyclic) bond motifs is 7. The highest BCUT2D eigenvalue weighted by molar-refractivity contribution is 6.16. The van der Waals surface area contributed by atoms with Crippen LogP contribution in [0.15, 0.2) is 200 Å². The zero-order valence-electron chi connectivity index (χ0n) is 29.0.